The fourth-order valence-corrected chi connectivity index (χ4v) is 1.78. The largest absolute Gasteiger partial charge is 0.370 e. The van der Waals surface area contributed by atoms with Crippen molar-refractivity contribution in [1.82, 2.24) is 10.2 Å². The molecule has 0 atom stereocenters. The van der Waals surface area contributed by atoms with Crippen LogP contribution in [0.5, 0.6) is 0 Å². The van der Waals surface area contributed by atoms with Gasteiger partial charge in [-0.15, -0.1) is 0 Å². The number of primary amides is 1. The van der Waals surface area contributed by atoms with Crippen molar-refractivity contribution in [3.63, 3.8) is 0 Å². The second-order valence-corrected chi connectivity index (χ2v) is 4.17. The number of hydrogen-bond acceptors (Lipinski definition) is 3. The van der Waals surface area contributed by atoms with Gasteiger partial charge >= 0.3 is 0 Å². The number of likely N-dealkylation sites (tertiary alicyclic amines) is 1. The van der Waals surface area contributed by atoms with E-state index in [0.29, 0.717) is 6.42 Å². The van der Waals surface area contributed by atoms with Crippen LogP contribution in [0.1, 0.15) is 19.3 Å². The molecule has 14 heavy (non-hydrogen) atoms. The van der Waals surface area contributed by atoms with Crippen LogP contribution in [-0.2, 0) is 4.79 Å². The van der Waals surface area contributed by atoms with Gasteiger partial charge in [-0.3, -0.25) is 4.79 Å². The Morgan fingerprint density at radius 1 is 1.50 bits per heavy atom. The molecule has 4 heteroatoms. The number of rotatable bonds is 5. The quantitative estimate of drug-likeness (QED) is 0.603. The van der Waals surface area contributed by atoms with Crippen molar-refractivity contribution in [3.05, 3.63) is 0 Å². The van der Waals surface area contributed by atoms with E-state index in [0.717, 1.165) is 19.0 Å². The van der Waals surface area contributed by atoms with Gasteiger partial charge in [0.15, 0.2) is 0 Å². The van der Waals surface area contributed by atoms with E-state index in [1.54, 1.807) is 0 Å². The zero-order valence-corrected chi connectivity index (χ0v) is 8.96. The van der Waals surface area contributed by atoms with Gasteiger partial charge in [-0.1, -0.05) is 0 Å². The second-order valence-electron chi connectivity index (χ2n) is 4.17. The summed E-state index contributed by atoms with van der Waals surface area (Å²) in [5, 5.41) is 3.28. The van der Waals surface area contributed by atoms with Crippen LogP contribution in [0, 0.1) is 5.92 Å². The Bertz CT molecular complexity index is 176. The topological polar surface area (TPSA) is 58.4 Å². The molecular weight excluding hydrogens is 178 g/mol. The number of carbonyl (C=O) groups is 1. The third-order valence-electron chi connectivity index (χ3n) is 2.82. The Balaban J connectivity index is 1.99. The molecular formula is C10H21N3O. The van der Waals surface area contributed by atoms with Crippen LogP contribution >= 0.6 is 0 Å². The maximum absolute atomic E-state index is 10.5. The number of nitrogens with zero attached hydrogens (tertiary/aromatic N) is 1. The van der Waals surface area contributed by atoms with Crippen LogP contribution in [0.2, 0.25) is 0 Å². The van der Waals surface area contributed by atoms with Gasteiger partial charge in [0.05, 0.1) is 0 Å². The van der Waals surface area contributed by atoms with Crippen LogP contribution in [-0.4, -0.2) is 44.0 Å². The first kappa shape index (κ1) is 11.5. The fourth-order valence-electron chi connectivity index (χ4n) is 1.78. The molecule has 0 aromatic carbocycles. The number of amides is 1. The van der Waals surface area contributed by atoms with E-state index in [1.807, 2.05) is 0 Å². The van der Waals surface area contributed by atoms with Crippen LogP contribution in [0.3, 0.4) is 0 Å². The van der Waals surface area contributed by atoms with Crippen LogP contribution in [0.15, 0.2) is 0 Å². The Labute approximate surface area is 85.8 Å². The third kappa shape index (κ3) is 4.58. The molecule has 1 saturated heterocycles. The minimum Gasteiger partial charge on any atom is -0.370 e. The van der Waals surface area contributed by atoms with Crippen molar-refractivity contribution in [2.24, 2.45) is 11.7 Å². The van der Waals surface area contributed by atoms with Gasteiger partial charge in [-0.2, -0.15) is 0 Å². The first-order valence-corrected chi connectivity index (χ1v) is 5.36. The SMILES string of the molecule is CN1CCC(CNCCC(N)=O)CC1. The van der Waals surface area contributed by atoms with Gasteiger partial charge in [0.1, 0.15) is 0 Å². The van der Waals surface area contributed by atoms with Gasteiger partial charge in [0.25, 0.3) is 0 Å². The number of carbonyl (C=O) groups excluding carboxylic acids is 1. The first-order chi connectivity index (χ1) is 6.68. The normalized spacial score (nSPS) is 19.8. The molecule has 0 aliphatic carbocycles. The molecule has 0 saturated carbocycles. The highest BCUT2D eigenvalue weighted by molar-refractivity contribution is 5.73. The zero-order chi connectivity index (χ0) is 10.4. The molecule has 1 aliphatic heterocycles. The van der Waals surface area contributed by atoms with E-state index >= 15 is 0 Å². The lowest BCUT2D eigenvalue weighted by atomic mass is 9.97. The van der Waals surface area contributed by atoms with Gasteiger partial charge in [0, 0.05) is 13.0 Å². The molecule has 1 amide bonds. The monoisotopic (exact) mass is 199 g/mol. The number of nitrogens with one attached hydrogen (secondary N) is 1. The Hall–Kier alpha value is -0.610. The Morgan fingerprint density at radius 3 is 2.71 bits per heavy atom. The average molecular weight is 199 g/mol. The van der Waals surface area contributed by atoms with Crippen molar-refractivity contribution in [2.75, 3.05) is 33.2 Å². The molecule has 0 radical (unpaired) electrons. The van der Waals surface area contributed by atoms with Crippen molar-refractivity contribution < 1.29 is 4.79 Å². The smallest absolute Gasteiger partial charge is 0.218 e. The van der Waals surface area contributed by atoms with Crippen molar-refractivity contribution in [3.8, 4) is 0 Å². The summed E-state index contributed by atoms with van der Waals surface area (Å²) >= 11 is 0. The number of hydrogen-bond donors (Lipinski definition) is 2. The maximum Gasteiger partial charge on any atom is 0.218 e. The first-order valence-electron chi connectivity index (χ1n) is 5.36. The third-order valence-corrected chi connectivity index (χ3v) is 2.82. The summed E-state index contributed by atoms with van der Waals surface area (Å²) in [6.07, 6.45) is 2.98. The summed E-state index contributed by atoms with van der Waals surface area (Å²) in [5.74, 6) is 0.556. The highest BCUT2D eigenvalue weighted by Gasteiger charge is 2.15. The summed E-state index contributed by atoms with van der Waals surface area (Å²) in [5.41, 5.74) is 5.04. The highest BCUT2D eigenvalue weighted by atomic mass is 16.1. The minimum atomic E-state index is -0.221. The van der Waals surface area contributed by atoms with Crippen LogP contribution in [0.25, 0.3) is 0 Å². The molecule has 1 fully saturated rings. The van der Waals surface area contributed by atoms with E-state index in [-0.39, 0.29) is 5.91 Å². The van der Waals surface area contributed by atoms with Gasteiger partial charge in [0.2, 0.25) is 5.91 Å². The molecule has 1 heterocycles. The summed E-state index contributed by atoms with van der Waals surface area (Å²) < 4.78 is 0. The van der Waals surface area contributed by atoms with Crippen molar-refractivity contribution in [2.45, 2.75) is 19.3 Å². The van der Waals surface area contributed by atoms with E-state index in [9.17, 15) is 4.79 Å². The van der Waals surface area contributed by atoms with Crippen LogP contribution < -0.4 is 11.1 Å². The predicted molar refractivity (Wildman–Crippen MR) is 56.9 cm³/mol. The Morgan fingerprint density at radius 2 is 2.14 bits per heavy atom. The van der Waals surface area contributed by atoms with E-state index in [4.69, 9.17) is 5.73 Å². The van der Waals surface area contributed by atoms with E-state index in [1.165, 1.54) is 25.9 Å². The standard InChI is InChI=1S/C10H21N3O/c1-13-6-3-9(4-7-13)8-12-5-2-10(11)14/h9,12H,2-8H2,1H3,(H2,11,14). The van der Waals surface area contributed by atoms with Crippen molar-refractivity contribution >= 4 is 5.91 Å². The maximum atomic E-state index is 10.5. The van der Waals surface area contributed by atoms with Crippen LogP contribution in [0.4, 0.5) is 0 Å². The minimum absolute atomic E-state index is 0.221. The fraction of sp³-hybridized carbons (Fsp3) is 0.900. The molecule has 0 bridgehead atoms. The summed E-state index contributed by atoms with van der Waals surface area (Å²) in [4.78, 5) is 12.8. The summed E-state index contributed by atoms with van der Waals surface area (Å²) in [6.45, 7) is 4.15. The average Bonchev–Trinajstić information content (AvgIpc) is 2.15. The molecule has 1 aliphatic rings. The lowest BCUT2D eigenvalue weighted by Crippen LogP contribution is -2.35. The van der Waals surface area contributed by atoms with E-state index in [2.05, 4.69) is 17.3 Å². The predicted octanol–water partition coefficient (Wildman–Crippen LogP) is -0.207. The molecule has 0 unspecified atom stereocenters. The Kier molecular flexibility index (Phi) is 4.90. The molecule has 82 valence electrons. The van der Waals surface area contributed by atoms with Gasteiger partial charge in [-0.05, 0) is 45.4 Å². The van der Waals surface area contributed by atoms with Crippen molar-refractivity contribution in [1.29, 1.82) is 0 Å². The molecule has 0 aromatic rings. The van der Waals surface area contributed by atoms with E-state index < -0.39 is 0 Å². The molecule has 1 rings (SSSR count). The molecule has 3 N–H and O–H groups in total. The number of nitrogens with two attached hydrogens (primary N) is 1. The summed E-state index contributed by atoms with van der Waals surface area (Å²) in [6, 6.07) is 0. The lowest BCUT2D eigenvalue weighted by molar-refractivity contribution is -0.117. The highest BCUT2D eigenvalue weighted by Crippen LogP contribution is 2.14. The molecule has 4 nitrogen and oxygen atoms in total. The second kappa shape index (κ2) is 5.98. The number of piperidine rings is 1. The lowest BCUT2D eigenvalue weighted by Gasteiger charge is -2.28. The summed E-state index contributed by atoms with van der Waals surface area (Å²) in [7, 11) is 2.16. The molecule has 0 aromatic heterocycles. The van der Waals surface area contributed by atoms with Gasteiger partial charge < -0.3 is 16.0 Å². The van der Waals surface area contributed by atoms with Gasteiger partial charge in [-0.25, -0.2) is 0 Å². The zero-order valence-electron chi connectivity index (χ0n) is 8.96. The molecule has 0 spiro atoms.